The Hall–Kier alpha value is -1.98. The molecule has 27 heavy (non-hydrogen) atoms. The second-order valence-electron chi connectivity index (χ2n) is 6.45. The van der Waals surface area contributed by atoms with Gasteiger partial charge in [-0.3, -0.25) is 0 Å². The highest BCUT2D eigenvalue weighted by Crippen LogP contribution is 2.35. The minimum atomic E-state index is -0.823. The van der Waals surface area contributed by atoms with Gasteiger partial charge in [-0.25, -0.2) is 9.18 Å². The maximum absolute atomic E-state index is 14.8. The van der Waals surface area contributed by atoms with Gasteiger partial charge in [0.1, 0.15) is 17.3 Å². The summed E-state index contributed by atoms with van der Waals surface area (Å²) in [5.41, 5.74) is 1.15. The number of hydrogen-bond acceptors (Lipinski definition) is 4. The molecule has 0 saturated heterocycles. The third-order valence-corrected chi connectivity index (χ3v) is 4.82. The molecule has 0 bridgehead atoms. The van der Waals surface area contributed by atoms with Gasteiger partial charge in [-0.2, -0.15) is 0 Å². The summed E-state index contributed by atoms with van der Waals surface area (Å²) in [6, 6.07) is 6.01. The summed E-state index contributed by atoms with van der Waals surface area (Å²) in [5, 5.41) is 10.5. The SMILES string of the molecule is COC(=O)C(C)Oc1cc(Cl)c(Cc2ccc(O)c(C(C)C)c2F)c(Cl)c1. The van der Waals surface area contributed by atoms with Gasteiger partial charge in [0.05, 0.1) is 7.11 Å². The maximum atomic E-state index is 14.8. The number of methoxy groups -OCH3 is 1. The summed E-state index contributed by atoms with van der Waals surface area (Å²) < 4.78 is 24.9. The van der Waals surface area contributed by atoms with E-state index in [0.717, 1.165) is 0 Å². The van der Waals surface area contributed by atoms with Crippen molar-refractivity contribution in [3.63, 3.8) is 0 Å². The molecular formula is C20H21Cl2FO4. The van der Waals surface area contributed by atoms with Crippen molar-refractivity contribution in [1.82, 2.24) is 0 Å². The third-order valence-electron chi connectivity index (χ3n) is 4.14. The van der Waals surface area contributed by atoms with E-state index in [1.54, 1.807) is 20.8 Å². The van der Waals surface area contributed by atoms with E-state index in [2.05, 4.69) is 4.74 Å². The van der Waals surface area contributed by atoms with Crippen molar-refractivity contribution in [3.05, 3.63) is 56.8 Å². The van der Waals surface area contributed by atoms with Gasteiger partial charge in [-0.1, -0.05) is 43.1 Å². The van der Waals surface area contributed by atoms with Gasteiger partial charge in [0, 0.05) is 22.0 Å². The molecule has 0 amide bonds. The molecule has 2 rings (SSSR count). The van der Waals surface area contributed by atoms with Gasteiger partial charge in [-0.05, 0) is 42.2 Å². The Morgan fingerprint density at radius 1 is 1.19 bits per heavy atom. The number of aromatic hydroxyl groups is 1. The summed E-state index contributed by atoms with van der Waals surface area (Å²) in [6.07, 6.45) is -0.674. The second-order valence-corrected chi connectivity index (χ2v) is 7.27. The molecule has 1 N–H and O–H groups in total. The van der Waals surface area contributed by atoms with E-state index in [0.29, 0.717) is 16.9 Å². The first kappa shape index (κ1) is 21.3. The molecule has 4 nitrogen and oxygen atoms in total. The number of rotatable bonds is 6. The Morgan fingerprint density at radius 2 is 1.78 bits per heavy atom. The standard InChI is InChI=1S/C20H21Cl2FO4/c1-10(2)18-17(24)6-5-12(19(18)23)7-14-15(21)8-13(9-16(14)22)27-11(3)20(25)26-4/h5-6,8-11,24H,7H2,1-4H3. The van der Waals surface area contributed by atoms with Crippen molar-refractivity contribution < 1.29 is 23.8 Å². The molecule has 0 aliphatic rings. The van der Waals surface area contributed by atoms with Gasteiger partial charge in [0.25, 0.3) is 0 Å². The number of ether oxygens (including phenoxy) is 2. The zero-order valence-corrected chi connectivity index (χ0v) is 17.0. The van der Waals surface area contributed by atoms with Crippen LogP contribution in [-0.4, -0.2) is 24.3 Å². The predicted molar refractivity (Wildman–Crippen MR) is 104 cm³/mol. The van der Waals surface area contributed by atoms with E-state index in [-0.39, 0.29) is 33.7 Å². The van der Waals surface area contributed by atoms with Gasteiger partial charge in [-0.15, -0.1) is 0 Å². The van der Waals surface area contributed by atoms with Crippen molar-refractivity contribution in [2.75, 3.05) is 7.11 Å². The van der Waals surface area contributed by atoms with Crippen LogP contribution in [0.4, 0.5) is 4.39 Å². The van der Waals surface area contributed by atoms with Crippen LogP contribution >= 0.6 is 23.2 Å². The minimum Gasteiger partial charge on any atom is -0.508 e. The van der Waals surface area contributed by atoms with Crippen molar-refractivity contribution in [1.29, 1.82) is 0 Å². The molecule has 0 saturated carbocycles. The molecule has 0 spiro atoms. The number of phenols is 1. The lowest BCUT2D eigenvalue weighted by Gasteiger charge is -2.16. The smallest absolute Gasteiger partial charge is 0.346 e. The first-order chi connectivity index (χ1) is 12.6. The van der Waals surface area contributed by atoms with Crippen LogP contribution in [-0.2, 0) is 16.0 Å². The number of halogens is 3. The third kappa shape index (κ3) is 4.85. The largest absolute Gasteiger partial charge is 0.508 e. The fourth-order valence-corrected chi connectivity index (χ4v) is 3.34. The number of phenolic OH excluding ortho intramolecular Hbond substituents is 1. The molecule has 1 atom stereocenters. The molecule has 0 aliphatic carbocycles. The van der Waals surface area contributed by atoms with Crippen molar-refractivity contribution >= 4 is 29.2 Å². The van der Waals surface area contributed by atoms with Crippen LogP contribution in [0.25, 0.3) is 0 Å². The topological polar surface area (TPSA) is 55.8 Å². The number of carbonyl (C=O) groups is 1. The monoisotopic (exact) mass is 414 g/mol. The summed E-state index contributed by atoms with van der Waals surface area (Å²) in [6.45, 7) is 5.15. The first-order valence-electron chi connectivity index (χ1n) is 8.38. The van der Waals surface area contributed by atoms with E-state index in [9.17, 15) is 14.3 Å². The molecular weight excluding hydrogens is 394 g/mol. The Labute approximate surface area is 167 Å². The molecule has 2 aromatic carbocycles. The average molecular weight is 415 g/mol. The van der Waals surface area contributed by atoms with Crippen LogP contribution < -0.4 is 4.74 Å². The number of esters is 1. The van der Waals surface area contributed by atoms with Crippen LogP contribution in [0.2, 0.25) is 10.0 Å². The quantitative estimate of drug-likeness (QED) is 0.634. The Bertz CT molecular complexity index is 829. The van der Waals surface area contributed by atoms with E-state index in [1.165, 1.54) is 31.4 Å². The summed E-state index contributed by atoms with van der Waals surface area (Å²) in [7, 11) is 1.27. The van der Waals surface area contributed by atoms with Crippen LogP contribution in [0, 0.1) is 5.82 Å². The Balaban J connectivity index is 2.33. The maximum Gasteiger partial charge on any atom is 0.346 e. The molecule has 1 unspecified atom stereocenters. The summed E-state index contributed by atoms with van der Waals surface area (Å²) >= 11 is 12.6. The van der Waals surface area contributed by atoms with E-state index in [4.69, 9.17) is 27.9 Å². The highest BCUT2D eigenvalue weighted by molar-refractivity contribution is 6.36. The van der Waals surface area contributed by atoms with E-state index < -0.39 is 17.9 Å². The molecule has 0 radical (unpaired) electrons. The van der Waals surface area contributed by atoms with Gasteiger partial charge >= 0.3 is 5.97 Å². The molecule has 7 heteroatoms. The fraction of sp³-hybridized carbons (Fsp3) is 0.350. The molecule has 0 fully saturated rings. The highest BCUT2D eigenvalue weighted by Gasteiger charge is 2.20. The number of benzene rings is 2. The number of hydrogen-bond donors (Lipinski definition) is 1. The average Bonchev–Trinajstić information content (AvgIpc) is 2.58. The van der Waals surface area contributed by atoms with Crippen LogP contribution in [0.1, 0.15) is 43.4 Å². The molecule has 2 aromatic rings. The van der Waals surface area contributed by atoms with Crippen LogP contribution in [0.5, 0.6) is 11.5 Å². The molecule has 146 valence electrons. The fourth-order valence-electron chi connectivity index (χ4n) is 2.74. The first-order valence-corrected chi connectivity index (χ1v) is 9.13. The van der Waals surface area contributed by atoms with Gasteiger partial charge < -0.3 is 14.6 Å². The molecule has 0 aromatic heterocycles. The van der Waals surface area contributed by atoms with E-state index >= 15 is 0 Å². The van der Waals surface area contributed by atoms with E-state index in [1.807, 2.05) is 0 Å². The molecule has 0 aliphatic heterocycles. The highest BCUT2D eigenvalue weighted by atomic mass is 35.5. The van der Waals surface area contributed by atoms with Crippen molar-refractivity contribution in [2.24, 2.45) is 0 Å². The van der Waals surface area contributed by atoms with Crippen LogP contribution in [0.15, 0.2) is 24.3 Å². The van der Waals surface area contributed by atoms with Gasteiger partial charge in [0.2, 0.25) is 0 Å². The lowest BCUT2D eigenvalue weighted by Crippen LogP contribution is -2.24. The summed E-state index contributed by atoms with van der Waals surface area (Å²) in [4.78, 5) is 11.5. The van der Waals surface area contributed by atoms with Gasteiger partial charge in [0.15, 0.2) is 6.10 Å². The Kier molecular flexibility index (Phi) is 6.95. The predicted octanol–water partition coefficient (Wildman–Crippen LogP) is 5.49. The lowest BCUT2D eigenvalue weighted by molar-refractivity contribution is -0.147. The number of carbonyl (C=O) groups excluding carboxylic acids is 1. The van der Waals surface area contributed by atoms with Crippen molar-refractivity contribution in [3.8, 4) is 11.5 Å². The zero-order valence-electron chi connectivity index (χ0n) is 15.5. The Morgan fingerprint density at radius 3 is 2.30 bits per heavy atom. The molecule has 0 heterocycles. The lowest BCUT2D eigenvalue weighted by atomic mass is 9.95. The second kappa shape index (κ2) is 8.81. The minimum absolute atomic E-state index is 0.0796. The zero-order chi connectivity index (χ0) is 20.3. The van der Waals surface area contributed by atoms with Crippen molar-refractivity contribution in [2.45, 2.75) is 39.2 Å². The summed E-state index contributed by atoms with van der Waals surface area (Å²) in [5.74, 6) is -0.952. The normalized spacial score (nSPS) is 12.1. The van der Waals surface area contributed by atoms with Crippen LogP contribution in [0.3, 0.4) is 0 Å².